The van der Waals surface area contributed by atoms with Crippen molar-refractivity contribution in [3.63, 3.8) is 0 Å². The highest BCUT2D eigenvalue weighted by molar-refractivity contribution is 9.10. The molecule has 3 rings (SSSR count). The quantitative estimate of drug-likeness (QED) is 0.377. The highest BCUT2D eigenvalue weighted by Gasteiger charge is 2.18. The first-order valence-corrected chi connectivity index (χ1v) is 8.63. The maximum absolute atomic E-state index is 11.8. The van der Waals surface area contributed by atoms with Crippen molar-refractivity contribution >= 4 is 45.2 Å². The van der Waals surface area contributed by atoms with Crippen LogP contribution in [-0.2, 0) is 4.79 Å². The van der Waals surface area contributed by atoms with E-state index in [-0.39, 0.29) is 12.1 Å². The molecule has 1 atom stereocenters. The van der Waals surface area contributed by atoms with Crippen molar-refractivity contribution in [1.82, 2.24) is 10.7 Å². The summed E-state index contributed by atoms with van der Waals surface area (Å²) in [5, 5.41) is 9.47. The van der Waals surface area contributed by atoms with Crippen molar-refractivity contribution in [2.24, 2.45) is 10.8 Å². The lowest BCUT2D eigenvalue weighted by Gasteiger charge is -2.25. The number of rotatable bonds is 6. The Bertz CT molecular complexity index is 794. The molecule has 1 aliphatic rings. The number of fused-ring (bicyclic) bond motifs is 1. The van der Waals surface area contributed by atoms with E-state index in [1.54, 1.807) is 6.34 Å². The summed E-state index contributed by atoms with van der Waals surface area (Å²) >= 11 is 3.47. The van der Waals surface area contributed by atoms with Crippen LogP contribution in [-0.4, -0.2) is 18.8 Å². The predicted molar refractivity (Wildman–Crippen MR) is 104 cm³/mol. The zero-order valence-corrected chi connectivity index (χ0v) is 15.0. The van der Waals surface area contributed by atoms with Crippen LogP contribution in [0.1, 0.15) is 18.2 Å². The predicted octanol–water partition coefficient (Wildman–Crippen LogP) is 2.61. The lowest BCUT2D eigenvalue weighted by Crippen LogP contribution is -2.29. The van der Waals surface area contributed by atoms with Crippen molar-refractivity contribution in [2.45, 2.75) is 12.6 Å². The minimum absolute atomic E-state index is 0.0976. The summed E-state index contributed by atoms with van der Waals surface area (Å²) in [7, 11) is 0. The number of halogens is 1. The minimum atomic E-state index is -0.104. The first-order valence-electron chi connectivity index (χ1n) is 7.83. The fourth-order valence-electron chi connectivity index (χ4n) is 2.52. The molecule has 2 aromatic rings. The van der Waals surface area contributed by atoms with Crippen LogP contribution in [0.2, 0.25) is 0 Å². The molecule has 0 radical (unpaired) electrons. The summed E-state index contributed by atoms with van der Waals surface area (Å²) in [5.41, 5.74) is 5.97. The second kappa shape index (κ2) is 8.11. The Kier molecular flexibility index (Phi) is 5.64. The molecule has 0 spiro atoms. The van der Waals surface area contributed by atoms with Gasteiger partial charge < -0.3 is 16.0 Å². The molecule has 1 amide bonds. The van der Waals surface area contributed by atoms with Crippen LogP contribution in [0.5, 0.6) is 0 Å². The normalized spacial score (nSPS) is 15.2. The largest absolute Gasteiger partial charge is 0.362 e. The van der Waals surface area contributed by atoms with Gasteiger partial charge >= 0.3 is 0 Å². The van der Waals surface area contributed by atoms with Crippen LogP contribution in [0, 0.1) is 0 Å². The molecular weight excluding hydrogens is 384 g/mol. The molecule has 8 heteroatoms. The molecule has 0 aromatic heterocycles. The molecule has 25 heavy (non-hydrogen) atoms. The Labute approximate surface area is 154 Å². The van der Waals surface area contributed by atoms with Gasteiger partial charge in [-0.25, -0.2) is 4.99 Å². The number of hydrogen-bond donors (Lipinski definition) is 5. The van der Waals surface area contributed by atoms with Crippen molar-refractivity contribution in [3.8, 4) is 0 Å². The number of carbonyl (C=O) groups is 1. The molecule has 1 heterocycles. The number of carbonyl (C=O) groups excluding carboxylic acids is 1. The third kappa shape index (κ3) is 4.56. The molecule has 130 valence electrons. The fraction of sp³-hybridized carbons (Fsp3) is 0.176. The minimum Gasteiger partial charge on any atom is -0.362 e. The lowest BCUT2D eigenvalue weighted by molar-refractivity contribution is -0.116. The first kappa shape index (κ1) is 17.4. The molecule has 0 bridgehead atoms. The van der Waals surface area contributed by atoms with E-state index in [0.717, 1.165) is 21.4 Å². The second-order valence-electron chi connectivity index (χ2n) is 5.54. The van der Waals surface area contributed by atoms with Crippen LogP contribution < -0.4 is 27.2 Å². The lowest BCUT2D eigenvalue weighted by atomic mass is 10.1. The van der Waals surface area contributed by atoms with Gasteiger partial charge in [0, 0.05) is 34.4 Å². The number of benzene rings is 2. The third-order valence-corrected chi connectivity index (χ3v) is 4.20. The van der Waals surface area contributed by atoms with Crippen molar-refractivity contribution < 1.29 is 4.79 Å². The van der Waals surface area contributed by atoms with Crippen LogP contribution in [0.4, 0.5) is 17.1 Å². The van der Waals surface area contributed by atoms with Crippen LogP contribution in [0.15, 0.2) is 51.9 Å². The fourth-order valence-corrected chi connectivity index (χ4v) is 2.92. The zero-order chi connectivity index (χ0) is 17.6. The summed E-state index contributed by atoms with van der Waals surface area (Å²) in [6, 6.07) is 13.6. The number of hydrogen-bond acceptors (Lipinski definition) is 6. The SMILES string of the molecule is NNCCC(=O)Nc1ccc2c(c1)N=CNC2Nc1cccc(Br)c1. The Morgan fingerprint density at radius 3 is 2.92 bits per heavy atom. The topological polar surface area (TPSA) is 104 Å². The van der Waals surface area contributed by atoms with Gasteiger partial charge in [-0.3, -0.25) is 16.1 Å². The number of aliphatic imine (C=N–C) groups is 1. The molecule has 0 saturated heterocycles. The number of nitrogens with one attached hydrogen (secondary N) is 4. The molecular formula is C17H19BrN6O. The molecule has 1 aliphatic heterocycles. The monoisotopic (exact) mass is 402 g/mol. The summed E-state index contributed by atoms with van der Waals surface area (Å²) in [6.45, 7) is 0.428. The van der Waals surface area contributed by atoms with Gasteiger partial charge in [0.2, 0.25) is 5.91 Å². The van der Waals surface area contributed by atoms with Gasteiger partial charge in [0.1, 0.15) is 6.17 Å². The van der Waals surface area contributed by atoms with E-state index < -0.39 is 0 Å². The van der Waals surface area contributed by atoms with Gasteiger partial charge in [-0.05, 0) is 30.3 Å². The Hall–Kier alpha value is -2.42. The number of nitrogens with two attached hydrogens (primary N) is 1. The Morgan fingerprint density at radius 2 is 2.12 bits per heavy atom. The van der Waals surface area contributed by atoms with Gasteiger partial charge in [0.05, 0.1) is 12.0 Å². The zero-order valence-electron chi connectivity index (χ0n) is 13.4. The van der Waals surface area contributed by atoms with E-state index in [1.165, 1.54) is 0 Å². The number of nitrogens with zero attached hydrogens (tertiary/aromatic N) is 1. The van der Waals surface area contributed by atoms with E-state index >= 15 is 0 Å². The van der Waals surface area contributed by atoms with Gasteiger partial charge in [0.15, 0.2) is 0 Å². The van der Waals surface area contributed by atoms with Gasteiger partial charge in [-0.1, -0.05) is 28.1 Å². The third-order valence-electron chi connectivity index (χ3n) is 3.70. The van der Waals surface area contributed by atoms with E-state index in [9.17, 15) is 4.79 Å². The highest BCUT2D eigenvalue weighted by Crippen LogP contribution is 2.32. The van der Waals surface area contributed by atoms with Gasteiger partial charge in [-0.2, -0.15) is 0 Å². The molecule has 1 unspecified atom stereocenters. The molecule has 0 fully saturated rings. The Balaban J connectivity index is 1.74. The maximum Gasteiger partial charge on any atom is 0.225 e. The van der Waals surface area contributed by atoms with Crippen LogP contribution >= 0.6 is 15.9 Å². The van der Waals surface area contributed by atoms with Gasteiger partial charge in [-0.15, -0.1) is 0 Å². The van der Waals surface area contributed by atoms with Crippen molar-refractivity contribution in [3.05, 3.63) is 52.5 Å². The molecule has 0 aliphatic carbocycles. The maximum atomic E-state index is 11.8. The van der Waals surface area contributed by atoms with E-state index in [1.807, 2.05) is 42.5 Å². The summed E-state index contributed by atoms with van der Waals surface area (Å²) in [5.74, 6) is 5.09. The van der Waals surface area contributed by atoms with Crippen LogP contribution in [0.25, 0.3) is 0 Å². The smallest absolute Gasteiger partial charge is 0.225 e. The molecule has 7 nitrogen and oxygen atoms in total. The molecule has 6 N–H and O–H groups in total. The van der Waals surface area contributed by atoms with Gasteiger partial charge in [0.25, 0.3) is 0 Å². The summed E-state index contributed by atoms with van der Waals surface area (Å²) in [4.78, 5) is 16.2. The average molecular weight is 403 g/mol. The summed E-state index contributed by atoms with van der Waals surface area (Å²) < 4.78 is 1.01. The first-order chi connectivity index (χ1) is 12.2. The Morgan fingerprint density at radius 1 is 1.24 bits per heavy atom. The standard InChI is InChI=1S/C17H19BrN6O/c18-11-2-1-3-12(8-11)24-17-14-5-4-13(9-15(14)20-10-21-17)23-16(25)6-7-22-19/h1-5,8-10,17,22,24H,6-7,19H2,(H,20,21)(H,23,25). The number of hydrazine groups is 1. The molecule has 2 aromatic carbocycles. The highest BCUT2D eigenvalue weighted by atomic mass is 79.9. The van der Waals surface area contributed by atoms with Crippen LogP contribution in [0.3, 0.4) is 0 Å². The van der Waals surface area contributed by atoms with Crippen molar-refractivity contribution in [1.29, 1.82) is 0 Å². The number of anilines is 2. The second-order valence-corrected chi connectivity index (χ2v) is 6.45. The van der Waals surface area contributed by atoms with E-state index in [2.05, 4.69) is 42.3 Å². The summed E-state index contributed by atoms with van der Waals surface area (Å²) in [6.07, 6.45) is 1.86. The average Bonchev–Trinajstić information content (AvgIpc) is 2.60. The molecule has 0 saturated carbocycles. The number of amides is 1. The van der Waals surface area contributed by atoms with E-state index in [0.29, 0.717) is 18.7 Å². The van der Waals surface area contributed by atoms with E-state index in [4.69, 9.17) is 5.84 Å². The van der Waals surface area contributed by atoms with Crippen molar-refractivity contribution in [2.75, 3.05) is 17.2 Å².